The lowest BCUT2D eigenvalue weighted by atomic mass is 10.2. The molecule has 1 N–H and O–H groups in total. The molecule has 1 aromatic rings. The summed E-state index contributed by atoms with van der Waals surface area (Å²) in [6, 6.07) is 4.85. The molecule has 1 fully saturated rings. The second-order valence-corrected chi connectivity index (χ2v) is 4.95. The maximum atomic E-state index is 14.0. The molecule has 0 aliphatic carbocycles. The topological polar surface area (TPSA) is 51.4 Å². The number of amidine groups is 1. The van der Waals surface area contributed by atoms with E-state index in [1.165, 1.54) is 17.8 Å². The van der Waals surface area contributed by atoms with Gasteiger partial charge in [-0.2, -0.15) is 5.26 Å². The molecule has 0 radical (unpaired) electrons. The average molecular weight is 278 g/mol. The second kappa shape index (κ2) is 6.43. The second-order valence-electron chi connectivity index (χ2n) is 4.16. The van der Waals surface area contributed by atoms with E-state index in [1.54, 1.807) is 12.1 Å². The minimum atomic E-state index is -0.263. The van der Waals surface area contributed by atoms with Crippen molar-refractivity contribution in [2.75, 3.05) is 24.2 Å². The van der Waals surface area contributed by atoms with Gasteiger partial charge in [-0.05, 0) is 31.2 Å². The lowest BCUT2D eigenvalue weighted by Crippen LogP contribution is -2.19. The van der Waals surface area contributed by atoms with Crippen molar-refractivity contribution in [2.24, 2.45) is 4.99 Å². The van der Waals surface area contributed by atoms with E-state index in [-0.39, 0.29) is 5.82 Å². The van der Waals surface area contributed by atoms with Crippen molar-refractivity contribution >= 4 is 28.3 Å². The fourth-order valence-corrected chi connectivity index (χ4v) is 2.47. The van der Waals surface area contributed by atoms with Gasteiger partial charge in [0.25, 0.3) is 0 Å². The Hall–Kier alpha value is -1.74. The molecule has 4 nitrogen and oxygen atoms in total. The van der Waals surface area contributed by atoms with Gasteiger partial charge in [0.2, 0.25) is 0 Å². The van der Waals surface area contributed by atoms with E-state index >= 15 is 0 Å². The summed E-state index contributed by atoms with van der Waals surface area (Å²) in [5.74, 6) is -0.263. The van der Waals surface area contributed by atoms with Crippen LogP contribution in [-0.4, -0.2) is 24.5 Å². The summed E-state index contributed by atoms with van der Waals surface area (Å²) >= 11 is 1.32. The number of hydrogen-bond acceptors (Lipinski definition) is 4. The Labute approximate surface area is 116 Å². The predicted molar refractivity (Wildman–Crippen MR) is 77.2 cm³/mol. The lowest BCUT2D eigenvalue weighted by molar-refractivity contribution is 0.623. The number of nitrogens with zero attached hydrogens (tertiary/aromatic N) is 3. The molecule has 0 saturated carbocycles. The van der Waals surface area contributed by atoms with Crippen molar-refractivity contribution < 1.29 is 4.39 Å². The van der Waals surface area contributed by atoms with Gasteiger partial charge >= 0.3 is 0 Å². The number of nitriles is 1. The molecular formula is C13H15FN4S. The summed E-state index contributed by atoms with van der Waals surface area (Å²) in [7, 11) is 0. The number of hydrogen-bond donors (Lipinski definition) is 1. The van der Waals surface area contributed by atoms with E-state index in [9.17, 15) is 4.39 Å². The quantitative estimate of drug-likeness (QED) is 0.391. The average Bonchev–Trinajstić information content (AvgIpc) is 2.92. The van der Waals surface area contributed by atoms with Gasteiger partial charge in [-0.15, -0.1) is 0 Å². The first kappa shape index (κ1) is 13.7. The largest absolute Gasteiger partial charge is 0.367 e. The van der Waals surface area contributed by atoms with E-state index in [0.29, 0.717) is 16.5 Å². The SMILES string of the molecule is CSC(=Nc1cccc(F)c1N1CCCC1)NC#N. The number of aliphatic imine (C=N–C) groups is 1. The fourth-order valence-electron chi connectivity index (χ4n) is 2.13. The van der Waals surface area contributed by atoms with Gasteiger partial charge in [0.05, 0.1) is 11.4 Å². The highest BCUT2D eigenvalue weighted by Gasteiger charge is 2.19. The Balaban J connectivity index is 2.39. The molecule has 100 valence electrons. The number of anilines is 1. The standard InChI is InChI=1S/C13H15FN4S/c1-19-13(16-9-15)17-11-6-4-5-10(14)12(11)18-7-2-3-8-18/h4-6H,2-3,7-8H2,1H3,(H,16,17). The molecule has 0 aromatic heterocycles. The number of para-hydroxylation sites is 1. The molecule has 0 unspecified atom stereocenters. The number of halogens is 1. The highest BCUT2D eigenvalue weighted by atomic mass is 32.2. The van der Waals surface area contributed by atoms with Crippen LogP contribution in [0.4, 0.5) is 15.8 Å². The van der Waals surface area contributed by atoms with Crippen molar-refractivity contribution in [1.29, 1.82) is 5.26 Å². The van der Waals surface area contributed by atoms with Gasteiger partial charge in [0.15, 0.2) is 11.4 Å². The Kier molecular flexibility index (Phi) is 4.63. The summed E-state index contributed by atoms with van der Waals surface area (Å²) in [4.78, 5) is 6.35. The molecule has 2 rings (SSSR count). The normalized spacial score (nSPS) is 15.4. The summed E-state index contributed by atoms with van der Waals surface area (Å²) < 4.78 is 14.0. The molecular weight excluding hydrogens is 263 g/mol. The van der Waals surface area contributed by atoms with Crippen LogP contribution >= 0.6 is 11.8 Å². The van der Waals surface area contributed by atoms with Gasteiger partial charge in [0.1, 0.15) is 5.82 Å². The van der Waals surface area contributed by atoms with Crippen LogP contribution in [-0.2, 0) is 0 Å². The van der Waals surface area contributed by atoms with Crippen LogP contribution in [0.1, 0.15) is 12.8 Å². The lowest BCUT2D eigenvalue weighted by Gasteiger charge is -2.20. The van der Waals surface area contributed by atoms with E-state index in [1.807, 2.05) is 17.3 Å². The molecule has 0 bridgehead atoms. The van der Waals surface area contributed by atoms with Crippen molar-refractivity contribution in [3.05, 3.63) is 24.0 Å². The number of rotatable bonds is 2. The first-order chi connectivity index (χ1) is 9.26. The molecule has 19 heavy (non-hydrogen) atoms. The third-order valence-corrected chi connectivity index (χ3v) is 3.55. The molecule has 0 spiro atoms. The smallest absolute Gasteiger partial charge is 0.183 e. The van der Waals surface area contributed by atoms with Gasteiger partial charge < -0.3 is 4.90 Å². The van der Waals surface area contributed by atoms with Gasteiger partial charge in [-0.3, -0.25) is 5.32 Å². The Bertz CT molecular complexity index is 518. The molecule has 1 aliphatic rings. The van der Waals surface area contributed by atoms with Crippen LogP contribution in [0.15, 0.2) is 23.2 Å². The molecule has 0 amide bonds. The van der Waals surface area contributed by atoms with E-state index in [2.05, 4.69) is 10.3 Å². The number of thioether (sulfide) groups is 1. The van der Waals surface area contributed by atoms with Gasteiger partial charge in [0, 0.05) is 13.1 Å². The van der Waals surface area contributed by atoms with E-state index in [4.69, 9.17) is 5.26 Å². The van der Waals surface area contributed by atoms with Crippen molar-refractivity contribution in [1.82, 2.24) is 5.32 Å². The van der Waals surface area contributed by atoms with Crippen LogP contribution in [0.25, 0.3) is 0 Å². The molecule has 1 aromatic carbocycles. The van der Waals surface area contributed by atoms with Gasteiger partial charge in [-0.1, -0.05) is 17.8 Å². The Morgan fingerprint density at radius 3 is 2.84 bits per heavy atom. The van der Waals surface area contributed by atoms with Crippen LogP contribution in [0.2, 0.25) is 0 Å². The Morgan fingerprint density at radius 1 is 1.47 bits per heavy atom. The van der Waals surface area contributed by atoms with E-state index in [0.717, 1.165) is 25.9 Å². The maximum Gasteiger partial charge on any atom is 0.183 e. The number of nitrogens with one attached hydrogen (secondary N) is 1. The minimum absolute atomic E-state index is 0.263. The van der Waals surface area contributed by atoms with Crippen LogP contribution in [0, 0.1) is 17.3 Å². The monoisotopic (exact) mass is 278 g/mol. The highest BCUT2D eigenvalue weighted by molar-refractivity contribution is 8.13. The van der Waals surface area contributed by atoms with Crippen molar-refractivity contribution in [3.8, 4) is 6.19 Å². The summed E-state index contributed by atoms with van der Waals surface area (Å²) in [6.07, 6.45) is 5.80. The fraction of sp³-hybridized carbons (Fsp3) is 0.385. The van der Waals surface area contributed by atoms with E-state index < -0.39 is 0 Å². The first-order valence-corrected chi connectivity index (χ1v) is 7.30. The number of benzene rings is 1. The third-order valence-electron chi connectivity index (χ3n) is 2.97. The zero-order chi connectivity index (χ0) is 13.7. The third kappa shape index (κ3) is 3.18. The van der Waals surface area contributed by atoms with Crippen LogP contribution in [0.3, 0.4) is 0 Å². The summed E-state index contributed by atoms with van der Waals surface area (Å²) in [6.45, 7) is 1.70. The molecule has 1 saturated heterocycles. The highest BCUT2D eigenvalue weighted by Crippen LogP contribution is 2.34. The molecule has 6 heteroatoms. The van der Waals surface area contributed by atoms with Crippen LogP contribution in [0.5, 0.6) is 0 Å². The minimum Gasteiger partial charge on any atom is -0.367 e. The predicted octanol–water partition coefficient (Wildman–Crippen LogP) is 2.85. The van der Waals surface area contributed by atoms with Crippen molar-refractivity contribution in [2.45, 2.75) is 12.8 Å². The summed E-state index contributed by atoms with van der Waals surface area (Å²) in [5.41, 5.74) is 1.10. The molecule has 0 atom stereocenters. The van der Waals surface area contributed by atoms with Crippen LogP contribution < -0.4 is 10.2 Å². The molecule has 1 aliphatic heterocycles. The van der Waals surface area contributed by atoms with Gasteiger partial charge in [-0.25, -0.2) is 9.38 Å². The summed E-state index contributed by atoms with van der Waals surface area (Å²) in [5, 5.41) is 11.6. The molecule has 1 heterocycles. The van der Waals surface area contributed by atoms with Crippen molar-refractivity contribution in [3.63, 3.8) is 0 Å². The zero-order valence-electron chi connectivity index (χ0n) is 10.7. The maximum absolute atomic E-state index is 14.0. The first-order valence-electron chi connectivity index (χ1n) is 6.07. The zero-order valence-corrected chi connectivity index (χ0v) is 11.5. The Morgan fingerprint density at radius 2 is 2.21 bits per heavy atom.